The minimum Gasteiger partial charge on any atom is -0.497 e. The molecule has 3 aromatic rings. The Labute approximate surface area is 177 Å². The first-order valence-electron chi connectivity index (χ1n) is 8.69. The fraction of sp³-hybridized carbons (Fsp3) is 0.222. The summed E-state index contributed by atoms with van der Waals surface area (Å²) in [6.45, 7) is 0. The van der Waals surface area contributed by atoms with Gasteiger partial charge in [-0.3, -0.25) is 10.1 Å². The molecule has 12 nitrogen and oxygen atoms in total. The number of non-ortho nitro benzene ring substituents is 1. The summed E-state index contributed by atoms with van der Waals surface area (Å²) in [6.07, 6.45) is 1.29. The summed E-state index contributed by atoms with van der Waals surface area (Å²) in [5.41, 5.74) is 0.454. The van der Waals surface area contributed by atoms with Crippen molar-refractivity contribution >= 4 is 15.7 Å². The van der Waals surface area contributed by atoms with Gasteiger partial charge in [0.05, 0.1) is 31.9 Å². The number of aromatic nitrogens is 3. The standard InChI is InChI=1S/C18H19N5O7S/c1-28-14-5-4-11(15(9-14)29-2)6-12-7-13(23(24)25)8-16(31(19,26)27)17(12)22-10-20-18(21-22)30-3/h4-5,7-10H,6H2,1-3H3,(H2,19,26,27). The van der Waals surface area contributed by atoms with Crippen molar-refractivity contribution in [2.24, 2.45) is 5.14 Å². The summed E-state index contributed by atoms with van der Waals surface area (Å²) >= 11 is 0. The minimum atomic E-state index is -4.36. The average Bonchev–Trinajstić information content (AvgIpc) is 3.21. The quantitative estimate of drug-likeness (QED) is 0.396. The second-order valence-electron chi connectivity index (χ2n) is 6.28. The number of nitrogens with two attached hydrogens (primary N) is 1. The summed E-state index contributed by atoms with van der Waals surface area (Å²) in [5, 5.41) is 20.9. The molecule has 164 valence electrons. The molecule has 0 bridgehead atoms. The van der Waals surface area contributed by atoms with E-state index in [1.54, 1.807) is 18.2 Å². The number of primary sulfonamides is 1. The highest BCUT2D eigenvalue weighted by Gasteiger charge is 2.26. The summed E-state index contributed by atoms with van der Waals surface area (Å²) < 4.78 is 41.3. The summed E-state index contributed by atoms with van der Waals surface area (Å²) in [6, 6.07) is 7.15. The van der Waals surface area contributed by atoms with Gasteiger partial charge in [0, 0.05) is 24.6 Å². The Morgan fingerprint density at radius 1 is 1.10 bits per heavy atom. The van der Waals surface area contributed by atoms with Crippen molar-refractivity contribution in [1.82, 2.24) is 14.8 Å². The number of rotatable bonds is 8. The van der Waals surface area contributed by atoms with Crippen LogP contribution in [0.1, 0.15) is 11.1 Å². The van der Waals surface area contributed by atoms with Crippen molar-refractivity contribution in [3.8, 4) is 23.2 Å². The molecule has 3 rings (SSSR count). The Hall–Kier alpha value is -3.71. The maximum absolute atomic E-state index is 12.3. The normalized spacial score (nSPS) is 11.2. The Bertz CT molecular complexity index is 1240. The van der Waals surface area contributed by atoms with Gasteiger partial charge < -0.3 is 14.2 Å². The number of nitro benzene ring substituents is 1. The van der Waals surface area contributed by atoms with Gasteiger partial charge in [0.25, 0.3) is 5.69 Å². The fourth-order valence-electron chi connectivity index (χ4n) is 3.02. The molecule has 31 heavy (non-hydrogen) atoms. The van der Waals surface area contributed by atoms with Gasteiger partial charge in [-0.25, -0.2) is 18.2 Å². The number of nitrogens with zero attached hydrogens (tertiary/aromatic N) is 4. The van der Waals surface area contributed by atoms with Gasteiger partial charge in [-0.2, -0.15) is 4.98 Å². The molecule has 0 aliphatic heterocycles. The van der Waals surface area contributed by atoms with E-state index < -0.39 is 25.5 Å². The van der Waals surface area contributed by atoms with Gasteiger partial charge in [0.1, 0.15) is 22.7 Å². The van der Waals surface area contributed by atoms with E-state index in [9.17, 15) is 18.5 Å². The number of methoxy groups -OCH3 is 3. The van der Waals surface area contributed by atoms with Crippen LogP contribution >= 0.6 is 0 Å². The number of nitro groups is 1. The Morgan fingerprint density at radius 2 is 1.84 bits per heavy atom. The highest BCUT2D eigenvalue weighted by molar-refractivity contribution is 7.89. The lowest BCUT2D eigenvalue weighted by Crippen LogP contribution is -2.18. The second-order valence-corrected chi connectivity index (χ2v) is 7.81. The summed E-state index contributed by atoms with van der Waals surface area (Å²) in [4.78, 5) is 14.2. The molecule has 0 saturated heterocycles. The molecule has 0 atom stereocenters. The molecule has 0 spiro atoms. The molecule has 1 aromatic heterocycles. The highest BCUT2D eigenvalue weighted by Crippen LogP contribution is 2.33. The van der Waals surface area contributed by atoms with Crippen LogP contribution in [0.3, 0.4) is 0 Å². The highest BCUT2D eigenvalue weighted by atomic mass is 32.2. The first-order chi connectivity index (χ1) is 14.7. The molecule has 0 fully saturated rings. The molecule has 13 heteroatoms. The predicted octanol–water partition coefficient (Wildman–Crippen LogP) is 1.44. The van der Waals surface area contributed by atoms with Crippen LogP contribution in [0.25, 0.3) is 5.69 Å². The zero-order valence-corrected chi connectivity index (χ0v) is 17.6. The molecular formula is C18H19N5O7S. The van der Waals surface area contributed by atoms with E-state index in [-0.39, 0.29) is 23.7 Å². The fourth-order valence-corrected chi connectivity index (χ4v) is 3.80. The van der Waals surface area contributed by atoms with Gasteiger partial charge >= 0.3 is 6.01 Å². The SMILES string of the molecule is COc1ccc(Cc2cc([N+](=O)[O-])cc(S(N)(=O)=O)c2-n2cnc(OC)n2)c(OC)c1. The van der Waals surface area contributed by atoms with Gasteiger partial charge in [0.15, 0.2) is 0 Å². The van der Waals surface area contributed by atoms with Gasteiger partial charge in [0.2, 0.25) is 10.0 Å². The zero-order chi connectivity index (χ0) is 22.8. The Morgan fingerprint density at radius 3 is 2.39 bits per heavy atom. The Balaban J connectivity index is 2.29. The third-order valence-electron chi connectivity index (χ3n) is 4.41. The topological polar surface area (TPSA) is 162 Å². The van der Waals surface area contributed by atoms with Crippen molar-refractivity contribution in [3.63, 3.8) is 0 Å². The van der Waals surface area contributed by atoms with Crippen LogP contribution in [-0.4, -0.2) is 49.4 Å². The van der Waals surface area contributed by atoms with Crippen LogP contribution in [0.15, 0.2) is 41.6 Å². The molecule has 0 amide bonds. The lowest BCUT2D eigenvalue weighted by molar-refractivity contribution is -0.385. The average molecular weight is 449 g/mol. The zero-order valence-electron chi connectivity index (χ0n) is 16.8. The van der Waals surface area contributed by atoms with Crippen LogP contribution in [0.2, 0.25) is 0 Å². The third kappa shape index (κ3) is 4.57. The molecular weight excluding hydrogens is 430 g/mol. The predicted molar refractivity (Wildman–Crippen MR) is 108 cm³/mol. The van der Waals surface area contributed by atoms with E-state index in [0.717, 1.165) is 10.7 Å². The lowest BCUT2D eigenvalue weighted by atomic mass is 10.0. The van der Waals surface area contributed by atoms with E-state index in [1.807, 2.05) is 0 Å². The first kappa shape index (κ1) is 22.0. The van der Waals surface area contributed by atoms with Gasteiger partial charge in [-0.15, -0.1) is 5.10 Å². The van der Waals surface area contributed by atoms with Crippen molar-refractivity contribution in [2.75, 3.05) is 21.3 Å². The van der Waals surface area contributed by atoms with E-state index in [2.05, 4.69) is 10.1 Å². The van der Waals surface area contributed by atoms with E-state index in [4.69, 9.17) is 19.3 Å². The van der Waals surface area contributed by atoms with Crippen molar-refractivity contribution < 1.29 is 27.6 Å². The minimum absolute atomic E-state index is 0.0155. The lowest BCUT2D eigenvalue weighted by Gasteiger charge is -2.15. The number of ether oxygens (including phenoxy) is 3. The van der Waals surface area contributed by atoms with Crippen LogP contribution in [0.4, 0.5) is 5.69 Å². The van der Waals surface area contributed by atoms with Gasteiger partial charge in [-0.05, 0) is 17.2 Å². The van der Waals surface area contributed by atoms with Crippen LogP contribution in [-0.2, 0) is 16.4 Å². The number of sulfonamides is 1. The monoisotopic (exact) mass is 449 g/mol. The molecule has 1 heterocycles. The maximum Gasteiger partial charge on any atom is 0.335 e. The van der Waals surface area contributed by atoms with Crippen molar-refractivity contribution in [2.45, 2.75) is 11.3 Å². The molecule has 0 aliphatic rings. The maximum atomic E-state index is 12.3. The van der Waals surface area contributed by atoms with E-state index in [1.165, 1.54) is 33.7 Å². The van der Waals surface area contributed by atoms with E-state index >= 15 is 0 Å². The van der Waals surface area contributed by atoms with Gasteiger partial charge in [-0.1, -0.05) is 6.07 Å². The number of hydrogen-bond acceptors (Lipinski definition) is 9. The third-order valence-corrected chi connectivity index (χ3v) is 5.34. The molecule has 2 N–H and O–H groups in total. The number of benzene rings is 2. The summed E-state index contributed by atoms with van der Waals surface area (Å²) in [7, 11) is -0.0484. The molecule has 0 aliphatic carbocycles. The summed E-state index contributed by atoms with van der Waals surface area (Å²) in [5.74, 6) is 0.997. The molecule has 0 saturated carbocycles. The largest absolute Gasteiger partial charge is 0.497 e. The Kier molecular flexibility index (Phi) is 6.08. The van der Waals surface area contributed by atoms with Crippen molar-refractivity contribution in [3.05, 3.63) is 57.9 Å². The molecule has 2 aromatic carbocycles. The van der Waals surface area contributed by atoms with Crippen LogP contribution in [0, 0.1) is 10.1 Å². The van der Waals surface area contributed by atoms with Crippen molar-refractivity contribution in [1.29, 1.82) is 0 Å². The van der Waals surface area contributed by atoms with Crippen LogP contribution < -0.4 is 19.3 Å². The molecule has 0 unspecified atom stereocenters. The second kappa shape index (κ2) is 8.57. The first-order valence-corrected chi connectivity index (χ1v) is 10.2. The van der Waals surface area contributed by atoms with Crippen LogP contribution in [0.5, 0.6) is 17.5 Å². The smallest absolute Gasteiger partial charge is 0.335 e. The van der Waals surface area contributed by atoms with E-state index in [0.29, 0.717) is 17.1 Å². The molecule has 0 radical (unpaired) electrons. The number of hydrogen-bond donors (Lipinski definition) is 1.